The summed E-state index contributed by atoms with van der Waals surface area (Å²) >= 11 is 0. The van der Waals surface area contributed by atoms with Crippen LogP contribution >= 0.6 is 0 Å². The average molecular weight is 244 g/mol. The van der Waals surface area contributed by atoms with Gasteiger partial charge in [0.25, 0.3) is 0 Å². The Morgan fingerprint density at radius 2 is 1.27 bits per heavy atom. The van der Waals surface area contributed by atoms with Gasteiger partial charge in [-0.1, -0.05) is 0 Å². The lowest BCUT2D eigenvalue weighted by Crippen LogP contribution is -2.44. The first-order valence-electron chi connectivity index (χ1n) is 3.42. The monoisotopic (exact) mass is 244 g/mol. The van der Waals surface area contributed by atoms with Gasteiger partial charge in [-0.2, -0.15) is 35.1 Å². The van der Waals surface area contributed by atoms with Crippen molar-refractivity contribution in [1.82, 2.24) is 0 Å². The fraction of sp³-hybridized carbons (Fsp3) is 0.833. The van der Waals surface area contributed by atoms with Crippen molar-refractivity contribution < 1.29 is 39.9 Å². The number of rotatable bonds is 3. The molecule has 0 rings (SSSR count). The summed E-state index contributed by atoms with van der Waals surface area (Å²) in [4.78, 5) is 10.2. The second kappa shape index (κ2) is 3.93. The maximum Gasteiger partial charge on any atom is 0.461 e. The summed E-state index contributed by atoms with van der Waals surface area (Å²) in [5.41, 5.74) is 0. The molecule has 0 fully saturated rings. The standard InChI is InChI=1S/C6H4F8O/c7-4(8,9)2-1-3(15)5(10,11)6(12,13)14/h1-2H2. The molecule has 0 spiro atoms. The minimum atomic E-state index is -6.16. The van der Waals surface area contributed by atoms with Gasteiger partial charge in [0.1, 0.15) is 0 Å². The van der Waals surface area contributed by atoms with E-state index < -0.39 is 36.9 Å². The maximum absolute atomic E-state index is 12.1. The van der Waals surface area contributed by atoms with Gasteiger partial charge in [0, 0.05) is 6.42 Å². The highest BCUT2D eigenvalue weighted by atomic mass is 19.4. The molecule has 0 heterocycles. The number of halogens is 8. The molecule has 0 aliphatic heterocycles. The molecule has 0 aliphatic carbocycles. The number of alkyl halides is 8. The first-order chi connectivity index (χ1) is 6.38. The van der Waals surface area contributed by atoms with Gasteiger partial charge in [-0.05, 0) is 0 Å². The first-order valence-corrected chi connectivity index (χ1v) is 3.42. The second-order valence-electron chi connectivity index (χ2n) is 2.61. The third-order valence-corrected chi connectivity index (χ3v) is 1.34. The summed E-state index contributed by atoms with van der Waals surface area (Å²) in [5, 5.41) is 0. The van der Waals surface area contributed by atoms with Crippen LogP contribution in [-0.4, -0.2) is 24.1 Å². The lowest BCUT2D eigenvalue weighted by atomic mass is 10.1. The highest BCUT2D eigenvalue weighted by Crippen LogP contribution is 2.37. The fourth-order valence-electron chi connectivity index (χ4n) is 0.570. The average Bonchev–Trinajstić information content (AvgIpc) is 1.96. The van der Waals surface area contributed by atoms with Crippen molar-refractivity contribution in [2.75, 3.05) is 0 Å². The van der Waals surface area contributed by atoms with Crippen LogP contribution in [0.1, 0.15) is 12.8 Å². The Hall–Kier alpha value is -0.890. The minimum absolute atomic E-state index is 1.89. The van der Waals surface area contributed by atoms with E-state index in [-0.39, 0.29) is 0 Å². The zero-order valence-corrected chi connectivity index (χ0v) is 6.85. The summed E-state index contributed by atoms with van der Waals surface area (Å²) in [7, 11) is 0. The molecule has 0 atom stereocenters. The van der Waals surface area contributed by atoms with E-state index in [4.69, 9.17) is 0 Å². The molecule has 0 unspecified atom stereocenters. The van der Waals surface area contributed by atoms with Gasteiger partial charge < -0.3 is 0 Å². The number of carbonyl (C=O) groups excluding carboxylic acids is 1. The van der Waals surface area contributed by atoms with E-state index in [0.29, 0.717) is 0 Å². The van der Waals surface area contributed by atoms with E-state index in [9.17, 15) is 39.9 Å². The molecule has 0 aromatic heterocycles. The fourth-order valence-corrected chi connectivity index (χ4v) is 0.570. The molecule has 0 saturated carbocycles. The molecule has 15 heavy (non-hydrogen) atoms. The van der Waals surface area contributed by atoms with E-state index in [1.165, 1.54) is 0 Å². The smallest absolute Gasteiger partial charge is 0.293 e. The Kier molecular flexibility index (Phi) is 3.70. The predicted octanol–water partition coefficient (Wildman–Crippen LogP) is 3.10. The number of ketones is 1. The molecule has 9 heteroatoms. The Balaban J connectivity index is 4.47. The third kappa shape index (κ3) is 4.00. The quantitative estimate of drug-likeness (QED) is 0.697. The number of hydrogen-bond donors (Lipinski definition) is 0. The molecule has 0 saturated heterocycles. The van der Waals surface area contributed by atoms with Gasteiger partial charge in [0.05, 0.1) is 6.42 Å². The summed E-state index contributed by atoms with van der Waals surface area (Å²) in [5.74, 6) is -8.51. The highest BCUT2D eigenvalue weighted by molar-refractivity contribution is 5.86. The van der Waals surface area contributed by atoms with Crippen molar-refractivity contribution in [3.8, 4) is 0 Å². The predicted molar refractivity (Wildman–Crippen MR) is 31.3 cm³/mol. The van der Waals surface area contributed by atoms with Gasteiger partial charge in [-0.3, -0.25) is 4.79 Å². The van der Waals surface area contributed by atoms with Crippen LogP contribution in [0.3, 0.4) is 0 Å². The van der Waals surface area contributed by atoms with Crippen LogP contribution in [0, 0.1) is 0 Å². The van der Waals surface area contributed by atoms with Gasteiger partial charge in [0.15, 0.2) is 0 Å². The molecule has 0 bridgehead atoms. The van der Waals surface area contributed by atoms with Crippen LogP contribution in [0.4, 0.5) is 35.1 Å². The van der Waals surface area contributed by atoms with Gasteiger partial charge in [-0.25, -0.2) is 0 Å². The van der Waals surface area contributed by atoms with E-state index in [1.807, 2.05) is 0 Å². The summed E-state index contributed by atoms with van der Waals surface area (Å²) in [6.45, 7) is 0. The van der Waals surface area contributed by atoms with Gasteiger partial charge in [0.2, 0.25) is 5.78 Å². The molecule has 0 N–H and O–H groups in total. The summed E-state index contributed by atoms with van der Waals surface area (Å²) in [6, 6.07) is 0. The SMILES string of the molecule is O=C(CCC(F)(F)F)C(F)(F)C(F)(F)F. The zero-order valence-electron chi connectivity index (χ0n) is 6.85. The molecular formula is C6H4F8O. The van der Waals surface area contributed by atoms with E-state index in [0.717, 1.165) is 0 Å². The highest BCUT2D eigenvalue weighted by Gasteiger charge is 2.62. The van der Waals surface area contributed by atoms with Crippen LogP contribution in [0.5, 0.6) is 0 Å². The van der Waals surface area contributed by atoms with Crippen molar-refractivity contribution >= 4 is 5.78 Å². The van der Waals surface area contributed by atoms with Crippen molar-refractivity contribution in [3.05, 3.63) is 0 Å². The Morgan fingerprint density at radius 3 is 1.53 bits per heavy atom. The van der Waals surface area contributed by atoms with Crippen LogP contribution in [0.2, 0.25) is 0 Å². The maximum atomic E-state index is 12.1. The molecule has 0 aromatic rings. The van der Waals surface area contributed by atoms with Crippen molar-refractivity contribution in [3.63, 3.8) is 0 Å². The Morgan fingerprint density at radius 1 is 0.867 bits per heavy atom. The number of hydrogen-bond acceptors (Lipinski definition) is 1. The third-order valence-electron chi connectivity index (χ3n) is 1.34. The van der Waals surface area contributed by atoms with Crippen molar-refractivity contribution in [2.24, 2.45) is 0 Å². The van der Waals surface area contributed by atoms with Crippen LogP contribution in [0.15, 0.2) is 0 Å². The number of carbonyl (C=O) groups is 1. The van der Waals surface area contributed by atoms with Crippen LogP contribution < -0.4 is 0 Å². The molecule has 0 amide bonds. The molecule has 1 nitrogen and oxygen atoms in total. The van der Waals surface area contributed by atoms with Crippen LogP contribution in [0.25, 0.3) is 0 Å². The first kappa shape index (κ1) is 14.1. The molecule has 90 valence electrons. The number of Topliss-reactive ketones (excluding diaryl/α,β-unsaturated/α-hetero) is 1. The molecule has 0 radical (unpaired) electrons. The summed E-state index contributed by atoms with van der Waals surface area (Å²) in [6.07, 6.45) is -15.0. The second-order valence-corrected chi connectivity index (χ2v) is 2.61. The van der Waals surface area contributed by atoms with E-state index in [1.54, 1.807) is 0 Å². The lowest BCUT2D eigenvalue weighted by molar-refractivity contribution is -0.269. The molecule has 0 aromatic carbocycles. The largest absolute Gasteiger partial charge is 0.461 e. The topological polar surface area (TPSA) is 17.1 Å². The zero-order chi connectivity index (χ0) is 12.5. The van der Waals surface area contributed by atoms with Gasteiger partial charge in [-0.15, -0.1) is 0 Å². The molecule has 0 aliphatic rings. The van der Waals surface area contributed by atoms with E-state index in [2.05, 4.69) is 0 Å². The normalized spacial score (nSPS) is 14.1. The Bertz CT molecular complexity index is 236. The van der Waals surface area contributed by atoms with Crippen molar-refractivity contribution in [1.29, 1.82) is 0 Å². The van der Waals surface area contributed by atoms with Gasteiger partial charge >= 0.3 is 18.3 Å². The van der Waals surface area contributed by atoms with Crippen molar-refractivity contribution in [2.45, 2.75) is 31.1 Å². The lowest BCUT2D eigenvalue weighted by Gasteiger charge is -2.18. The Labute approximate surface area is 78.0 Å². The van der Waals surface area contributed by atoms with Crippen LogP contribution in [-0.2, 0) is 4.79 Å². The minimum Gasteiger partial charge on any atom is -0.293 e. The van der Waals surface area contributed by atoms with E-state index >= 15 is 0 Å². The molecular weight excluding hydrogens is 240 g/mol. The summed E-state index contributed by atoms with van der Waals surface area (Å²) < 4.78 is 92.7.